The second kappa shape index (κ2) is 7.95. The number of aromatic nitrogens is 2. The smallest absolute Gasteiger partial charge is 0.127 e. The largest absolute Gasteiger partial charge is 0.329 e. The topological polar surface area (TPSA) is 29.9 Å². The van der Waals surface area contributed by atoms with E-state index in [0.29, 0.717) is 23.1 Å². The maximum atomic E-state index is 13.6. The summed E-state index contributed by atoms with van der Waals surface area (Å²) >= 11 is 12.0. The molecule has 0 aliphatic carbocycles. The predicted octanol–water partition coefficient (Wildman–Crippen LogP) is 4.81. The number of hydrogen-bond acceptors (Lipinski definition) is 2. The van der Waals surface area contributed by atoms with Gasteiger partial charge in [-0.25, -0.2) is 13.8 Å². The van der Waals surface area contributed by atoms with Crippen LogP contribution in [-0.2, 0) is 19.6 Å². The van der Waals surface area contributed by atoms with Crippen LogP contribution in [0.4, 0.5) is 8.78 Å². The Bertz CT molecular complexity index is 860. The minimum Gasteiger partial charge on any atom is -0.329 e. The van der Waals surface area contributed by atoms with Gasteiger partial charge in [0, 0.05) is 41.1 Å². The van der Waals surface area contributed by atoms with Crippen molar-refractivity contribution in [2.45, 2.75) is 19.6 Å². The summed E-state index contributed by atoms with van der Waals surface area (Å²) in [6, 6.07) is 8.76. The van der Waals surface area contributed by atoms with Crippen LogP contribution in [0, 0.1) is 11.6 Å². The molecule has 0 saturated carbocycles. The Morgan fingerprint density at radius 3 is 2.52 bits per heavy atom. The number of nitrogens with zero attached hydrogens (tertiary/aromatic N) is 2. The number of nitrogens with one attached hydrogen (secondary N) is 1. The Hall–Kier alpha value is -1.95. The summed E-state index contributed by atoms with van der Waals surface area (Å²) in [6.07, 6.45) is 3.53. The normalized spacial score (nSPS) is 11.0. The summed E-state index contributed by atoms with van der Waals surface area (Å²) in [5, 5.41) is 4.23. The minimum absolute atomic E-state index is 0.208. The molecule has 0 aliphatic rings. The Morgan fingerprint density at radius 2 is 1.76 bits per heavy atom. The number of benzene rings is 2. The van der Waals surface area contributed by atoms with Gasteiger partial charge in [-0.05, 0) is 42.0 Å². The Morgan fingerprint density at radius 1 is 1.00 bits per heavy atom. The van der Waals surface area contributed by atoms with Crippen molar-refractivity contribution in [3.63, 3.8) is 0 Å². The molecule has 1 aromatic heterocycles. The van der Waals surface area contributed by atoms with Gasteiger partial charge in [-0.1, -0.05) is 23.2 Å². The number of hydrogen-bond donors (Lipinski definition) is 1. The SMILES string of the molecule is Fc1ccc(F)c(CNCc2nccn2Cc2cc(Cl)cc(Cl)c2)c1. The average molecular weight is 382 g/mol. The highest BCUT2D eigenvalue weighted by Gasteiger charge is 2.07. The summed E-state index contributed by atoms with van der Waals surface area (Å²) in [4.78, 5) is 4.30. The second-order valence-corrected chi connectivity index (χ2v) is 6.46. The van der Waals surface area contributed by atoms with Crippen LogP contribution in [0.2, 0.25) is 10.0 Å². The predicted molar refractivity (Wildman–Crippen MR) is 94.7 cm³/mol. The monoisotopic (exact) mass is 381 g/mol. The number of halogens is 4. The summed E-state index contributed by atoms with van der Waals surface area (Å²) in [7, 11) is 0. The molecule has 1 N–H and O–H groups in total. The van der Waals surface area contributed by atoms with Gasteiger partial charge in [0.2, 0.25) is 0 Å². The molecule has 1 heterocycles. The van der Waals surface area contributed by atoms with E-state index < -0.39 is 11.6 Å². The lowest BCUT2D eigenvalue weighted by molar-refractivity contribution is 0.559. The van der Waals surface area contributed by atoms with E-state index in [1.165, 1.54) is 6.07 Å². The van der Waals surface area contributed by atoms with Gasteiger partial charge in [0.15, 0.2) is 0 Å². The van der Waals surface area contributed by atoms with Crippen LogP contribution in [0.1, 0.15) is 17.0 Å². The summed E-state index contributed by atoms with van der Waals surface area (Å²) in [5.41, 5.74) is 1.23. The third-order valence-electron chi connectivity index (χ3n) is 3.68. The van der Waals surface area contributed by atoms with Gasteiger partial charge >= 0.3 is 0 Å². The Labute approximate surface area is 154 Å². The molecule has 0 atom stereocenters. The zero-order chi connectivity index (χ0) is 17.8. The van der Waals surface area contributed by atoms with Crippen LogP contribution in [0.5, 0.6) is 0 Å². The van der Waals surface area contributed by atoms with Crippen molar-refractivity contribution in [1.82, 2.24) is 14.9 Å². The molecule has 130 valence electrons. The lowest BCUT2D eigenvalue weighted by Crippen LogP contribution is -2.17. The van der Waals surface area contributed by atoms with Crippen molar-refractivity contribution in [2.75, 3.05) is 0 Å². The van der Waals surface area contributed by atoms with Gasteiger partial charge in [0.25, 0.3) is 0 Å². The Kier molecular flexibility index (Phi) is 5.68. The van der Waals surface area contributed by atoms with Crippen molar-refractivity contribution in [1.29, 1.82) is 0 Å². The highest BCUT2D eigenvalue weighted by Crippen LogP contribution is 2.20. The van der Waals surface area contributed by atoms with Crippen LogP contribution >= 0.6 is 23.2 Å². The molecule has 3 aromatic rings. The molecule has 0 amide bonds. The first-order chi connectivity index (χ1) is 12.0. The second-order valence-electron chi connectivity index (χ2n) is 5.59. The van der Waals surface area contributed by atoms with Gasteiger partial charge in [0.05, 0.1) is 6.54 Å². The zero-order valence-corrected chi connectivity index (χ0v) is 14.7. The van der Waals surface area contributed by atoms with Crippen molar-refractivity contribution in [2.24, 2.45) is 0 Å². The molecule has 7 heteroatoms. The molecule has 0 spiro atoms. The molecule has 25 heavy (non-hydrogen) atoms. The molecule has 0 aliphatic heterocycles. The van der Waals surface area contributed by atoms with E-state index >= 15 is 0 Å². The highest BCUT2D eigenvalue weighted by molar-refractivity contribution is 6.34. The molecule has 0 bridgehead atoms. The van der Waals surface area contributed by atoms with E-state index in [9.17, 15) is 8.78 Å². The zero-order valence-electron chi connectivity index (χ0n) is 13.1. The molecular formula is C18H15Cl2F2N3. The maximum Gasteiger partial charge on any atom is 0.127 e. The van der Waals surface area contributed by atoms with Crippen molar-refractivity contribution >= 4 is 23.2 Å². The van der Waals surface area contributed by atoms with Crippen LogP contribution in [0.3, 0.4) is 0 Å². The minimum atomic E-state index is -0.461. The van der Waals surface area contributed by atoms with E-state index in [1.54, 1.807) is 12.3 Å². The summed E-state index contributed by atoms with van der Waals surface area (Å²) in [6.45, 7) is 1.18. The maximum absolute atomic E-state index is 13.6. The number of imidazole rings is 1. The fourth-order valence-corrected chi connectivity index (χ4v) is 3.11. The van der Waals surface area contributed by atoms with Crippen molar-refractivity contribution in [3.8, 4) is 0 Å². The van der Waals surface area contributed by atoms with E-state index in [0.717, 1.165) is 23.5 Å². The van der Waals surface area contributed by atoms with Crippen molar-refractivity contribution in [3.05, 3.63) is 87.4 Å². The fourth-order valence-electron chi connectivity index (χ4n) is 2.54. The van der Waals surface area contributed by atoms with Crippen LogP contribution < -0.4 is 5.32 Å². The molecule has 3 rings (SSSR count). The van der Waals surface area contributed by atoms with Gasteiger partial charge in [-0.15, -0.1) is 0 Å². The third kappa shape index (κ3) is 4.78. The first kappa shape index (κ1) is 17.9. The summed E-state index contributed by atoms with van der Waals surface area (Å²) < 4.78 is 28.8. The van der Waals surface area contributed by atoms with Crippen LogP contribution in [0.25, 0.3) is 0 Å². The van der Waals surface area contributed by atoms with Crippen molar-refractivity contribution < 1.29 is 8.78 Å². The highest BCUT2D eigenvalue weighted by atomic mass is 35.5. The number of rotatable bonds is 6. The molecule has 2 aromatic carbocycles. The molecule has 0 radical (unpaired) electrons. The average Bonchev–Trinajstić information content (AvgIpc) is 2.97. The molecule has 0 fully saturated rings. The fraction of sp³-hybridized carbons (Fsp3) is 0.167. The molecule has 3 nitrogen and oxygen atoms in total. The quantitative estimate of drug-likeness (QED) is 0.664. The van der Waals surface area contributed by atoms with E-state index in [1.807, 2.05) is 22.9 Å². The van der Waals surface area contributed by atoms with E-state index in [-0.39, 0.29) is 12.1 Å². The molecule has 0 unspecified atom stereocenters. The Balaban J connectivity index is 1.64. The third-order valence-corrected chi connectivity index (χ3v) is 4.12. The van der Waals surface area contributed by atoms with E-state index in [4.69, 9.17) is 23.2 Å². The summed E-state index contributed by atoms with van der Waals surface area (Å²) in [5.74, 6) is -0.128. The first-order valence-electron chi connectivity index (χ1n) is 7.61. The molecular weight excluding hydrogens is 367 g/mol. The van der Waals surface area contributed by atoms with Gasteiger partial charge in [-0.2, -0.15) is 0 Å². The van der Waals surface area contributed by atoms with Gasteiger partial charge < -0.3 is 9.88 Å². The lowest BCUT2D eigenvalue weighted by atomic mass is 10.2. The van der Waals surface area contributed by atoms with Gasteiger partial charge in [0.1, 0.15) is 17.5 Å². The van der Waals surface area contributed by atoms with E-state index in [2.05, 4.69) is 10.3 Å². The lowest BCUT2D eigenvalue weighted by Gasteiger charge is -2.10. The first-order valence-corrected chi connectivity index (χ1v) is 8.36. The van der Waals surface area contributed by atoms with Gasteiger partial charge in [-0.3, -0.25) is 0 Å². The van der Waals surface area contributed by atoms with Crippen LogP contribution in [-0.4, -0.2) is 9.55 Å². The van der Waals surface area contributed by atoms with Crippen LogP contribution in [0.15, 0.2) is 48.8 Å². The standard InChI is InChI=1S/C18H15Cl2F2N3/c19-14-5-12(6-15(20)8-14)11-25-4-3-24-18(25)10-23-9-13-7-16(21)1-2-17(13)22/h1-8,23H,9-11H2. The molecule has 0 saturated heterocycles.